The fourth-order valence-corrected chi connectivity index (χ4v) is 3.93. The van der Waals surface area contributed by atoms with Crippen LogP contribution in [0, 0.1) is 22.6 Å². The Morgan fingerprint density at radius 3 is 2.42 bits per heavy atom. The van der Waals surface area contributed by atoms with Gasteiger partial charge >= 0.3 is 5.97 Å². The molecule has 2 unspecified atom stereocenters. The van der Waals surface area contributed by atoms with Crippen molar-refractivity contribution in [1.82, 2.24) is 0 Å². The van der Waals surface area contributed by atoms with Gasteiger partial charge in [-0.3, -0.25) is 4.79 Å². The molecule has 1 saturated heterocycles. The van der Waals surface area contributed by atoms with E-state index in [9.17, 15) is 19.6 Å². The van der Waals surface area contributed by atoms with Crippen molar-refractivity contribution in [3.05, 3.63) is 35.6 Å². The second-order valence-electron chi connectivity index (χ2n) is 6.80. The number of halogens is 1. The SMILES string of the molecule is CCC1(CC)CC(c2ccc(F)cc2)(C(C)(C#N)C(=O)O)CCO1. The van der Waals surface area contributed by atoms with Gasteiger partial charge in [0.2, 0.25) is 0 Å². The second-order valence-corrected chi connectivity index (χ2v) is 6.80. The van der Waals surface area contributed by atoms with Gasteiger partial charge in [-0.1, -0.05) is 26.0 Å². The Kier molecular flexibility index (Phi) is 5.00. The predicted molar refractivity (Wildman–Crippen MR) is 87.9 cm³/mol. The summed E-state index contributed by atoms with van der Waals surface area (Å²) in [5.41, 5.74) is -2.33. The largest absolute Gasteiger partial charge is 0.480 e. The van der Waals surface area contributed by atoms with E-state index in [1.54, 1.807) is 12.1 Å². The zero-order chi connectivity index (χ0) is 18.0. The van der Waals surface area contributed by atoms with E-state index in [-0.39, 0.29) is 5.82 Å². The van der Waals surface area contributed by atoms with E-state index >= 15 is 0 Å². The minimum Gasteiger partial charge on any atom is -0.480 e. The van der Waals surface area contributed by atoms with E-state index in [4.69, 9.17) is 4.74 Å². The number of carboxylic acid groups (broad SMARTS) is 1. The fourth-order valence-electron chi connectivity index (χ4n) is 3.93. The molecule has 1 N–H and O–H groups in total. The van der Waals surface area contributed by atoms with Crippen molar-refractivity contribution in [3.63, 3.8) is 0 Å². The molecule has 0 amide bonds. The van der Waals surface area contributed by atoms with E-state index in [1.165, 1.54) is 19.1 Å². The first-order valence-electron chi connectivity index (χ1n) is 8.34. The van der Waals surface area contributed by atoms with Crippen molar-refractivity contribution in [3.8, 4) is 6.07 Å². The topological polar surface area (TPSA) is 70.3 Å². The Labute approximate surface area is 142 Å². The van der Waals surface area contributed by atoms with Gasteiger partial charge in [0, 0.05) is 12.0 Å². The molecule has 0 aliphatic carbocycles. The van der Waals surface area contributed by atoms with Gasteiger partial charge in [0.1, 0.15) is 5.82 Å². The van der Waals surface area contributed by atoms with Crippen LogP contribution in [0.5, 0.6) is 0 Å². The summed E-state index contributed by atoms with van der Waals surface area (Å²) in [6.07, 6.45) is 2.30. The maximum atomic E-state index is 13.4. The van der Waals surface area contributed by atoms with Gasteiger partial charge in [0.15, 0.2) is 5.41 Å². The van der Waals surface area contributed by atoms with Crippen molar-refractivity contribution < 1.29 is 19.0 Å². The van der Waals surface area contributed by atoms with Crippen LogP contribution in [0.4, 0.5) is 4.39 Å². The summed E-state index contributed by atoms with van der Waals surface area (Å²) in [6.45, 7) is 5.87. The highest BCUT2D eigenvalue weighted by molar-refractivity contribution is 5.80. The van der Waals surface area contributed by atoms with Gasteiger partial charge < -0.3 is 9.84 Å². The molecule has 5 heteroatoms. The van der Waals surface area contributed by atoms with Gasteiger partial charge in [0.05, 0.1) is 11.7 Å². The minimum atomic E-state index is -1.62. The molecule has 2 atom stereocenters. The first kappa shape index (κ1) is 18.4. The summed E-state index contributed by atoms with van der Waals surface area (Å²) < 4.78 is 19.4. The number of hydrogen-bond donors (Lipinski definition) is 1. The molecule has 24 heavy (non-hydrogen) atoms. The standard InChI is InChI=1S/C19H24FNO3/c1-4-18(5-2)12-19(10-11-24-18,17(3,13-21)16(22)23)14-6-8-15(20)9-7-14/h6-9H,4-5,10-12H2,1-3H3,(H,22,23). The molecule has 4 nitrogen and oxygen atoms in total. The molecule has 0 spiro atoms. The highest BCUT2D eigenvalue weighted by atomic mass is 19.1. The van der Waals surface area contributed by atoms with Crippen molar-refractivity contribution in [2.24, 2.45) is 5.41 Å². The Balaban J connectivity index is 2.68. The maximum absolute atomic E-state index is 13.4. The molecule has 0 saturated carbocycles. The van der Waals surface area contributed by atoms with Crippen molar-refractivity contribution >= 4 is 5.97 Å². The maximum Gasteiger partial charge on any atom is 0.324 e. The Morgan fingerprint density at radius 2 is 1.96 bits per heavy atom. The van der Waals surface area contributed by atoms with Crippen LogP contribution in [-0.2, 0) is 14.9 Å². The number of ether oxygens (including phenoxy) is 1. The number of aliphatic carboxylic acids is 1. The molecule has 1 heterocycles. The summed E-state index contributed by atoms with van der Waals surface area (Å²) >= 11 is 0. The summed E-state index contributed by atoms with van der Waals surface area (Å²) in [5.74, 6) is -1.54. The molecule has 1 aromatic rings. The highest BCUT2D eigenvalue weighted by Gasteiger charge is 2.59. The third-order valence-electron chi connectivity index (χ3n) is 5.85. The number of hydrogen-bond acceptors (Lipinski definition) is 3. The van der Waals surface area contributed by atoms with Crippen LogP contribution < -0.4 is 0 Å². The van der Waals surface area contributed by atoms with Crippen molar-refractivity contribution in [2.45, 2.75) is 57.5 Å². The van der Waals surface area contributed by atoms with Crippen molar-refractivity contribution in [1.29, 1.82) is 5.26 Å². The lowest BCUT2D eigenvalue weighted by molar-refractivity contribution is -0.161. The molecule has 1 aliphatic rings. The summed E-state index contributed by atoms with van der Waals surface area (Å²) in [7, 11) is 0. The molecule has 130 valence electrons. The molecule has 1 aliphatic heterocycles. The van der Waals surface area contributed by atoms with Crippen LogP contribution in [0.25, 0.3) is 0 Å². The third-order valence-corrected chi connectivity index (χ3v) is 5.85. The zero-order valence-electron chi connectivity index (χ0n) is 14.4. The third kappa shape index (κ3) is 2.69. The summed E-state index contributed by atoms with van der Waals surface area (Å²) in [4.78, 5) is 12.0. The van der Waals surface area contributed by atoms with Crippen LogP contribution in [-0.4, -0.2) is 23.3 Å². The molecule has 1 fully saturated rings. The average Bonchev–Trinajstić information content (AvgIpc) is 2.61. The number of carbonyl (C=O) groups is 1. The zero-order valence-corrected chi connectivity index (χ0v) is 14.4. The van der Waals surface area contributed by atoms with Crippen LogP contribution in [0.15, 0.2) is 24.3 Å². The molecule has 0 bridgehead atoms. The van der Waals surface area contributed by atoms with Gasteiger partial charge in [0.25, 0.3) is 0 Å². The minimum absolute atomic E-state index is 0.379. The number of rotatable bonds is 5. The van der Waals surface area contributed by atoms with Gasteiger partial charge in [-0.05, 0) is 50.3 Å². The second kappa shape index (κ2) is 6.52. The van der Waals surface area contributed by atoms with E-state index in [2.05, 4.69) is 0 Å². The van der Waals surface area contributed by atoms with Gasteiger partial charge in [-0.15, -0.1) is 0 Å². The lowest BCUT2D eigenvalue weighted by Gasteiger charge is -2.52. The lowest BCUT2D eigenvalue weighted by atomic mass is 9.54. The Morgan fingerprint density at radius 1 is 1.38 bits per heavy atom. The van der Waals surface area contributed by atoms with Crippen LogP contribution in [0.3, 0.4) is 0 Å². The molecule has 2 rings (SSSR count). The number of benzene rings is 1. The number of nitriles is 1. The summed E-state index contributed by atoms with van der Waals surface area (Å²) in [5, 5.41) is 19.6. The van der Waals surface area contributed by atoms with Crippen molar-refractivity contribution in [2.75, 3.05) is 6.61 Å². The molecule has 0 radical (unpaired) electrons. The van der Waals surface area contributed by atoms with Gasteiger partial charge in [-0.25, -0.2) is 4.39 Å². The molecular formula is C19H24FNO3. The van der Waals surface area contributed by atoms with Gasteiger partial charge in [-0.2, -0.15) is 5.26 Å². The monoisotopic (exact) mass is 333 g/mol. The fraction of sp³-hybridized carbons (Fsp3) is 0.579. The Bertz CT molecular complexity index is 648. The normalized spacial score (nSPS) is 25.5. The number of carboxylic acids is 1. The molecular weight excluding hydrogens is 309 g/mol. The van der Waals surface area contributed by atoms with E-state index in [0.717, 1.165) is 12.8 Å². The van der Waals surface area contributed by atoms with E-state index < -0.39 is 22.4 Å². The van der Waals surface area contributed by atoms with Crippen LogP contribution in [0.1, 0.15) is 52.0 Å². The Hall–Kier alpha value is -1.93. The van der Waals surface area contributed by atoms with Crippen LogP contribution >= 0.6 is 0 Å². The summed E-state index contributed by atoms with van der Waals surface area (Å²) in [6, 6.07) is 7.90. The smallest absolute Gasteiger partial charge is 0.324 e. The first-order valence-corrected chi connectivity index (χ1v) is 8.34. The van der Waals surface area contributed by atoms with E-state index in [1.807, 2.05) is 19.9 Å². The number of nitrogens with zero attached hydrogens (tertiary/aromatic N) is 1. The average molecular weight is 333 g/mol. The molecule has 1 aromatic carbocycles. The molecule has 0 aromatic heterocycles. The van der Waals surface area contributed by atoms with E-state index in [0.29, 0.717) is 25.0 Å². The first-order chi connectivity index (χ1) is 11.3. The highest BCUT2D eigenvalue weighted by Crippen LogP contribution is 2.54. The predicted octanol–water partition coefficient (Wildman–Crippen LogP) is 4.05. The van der Waals surface area contributed by atoms with Crippen LogP contribution in [0.2, 0.25) is 0 Å². The lowest BCUT2D eigenvalue weighted by Crippen LogP contribution is -2.57. The quantitative estimate of drug-likeness (QED) is 0.882.